The highest BCUT2D eigenvalue weighted by Crippen LogP contribution is 2.32. The summed E-state index contributed by atoms with van der Waals surface area (Å²) in [5.74, 6) is -1.53. The molecule has 0 aromatic rings. The smallest absolute Gasteiger partial charge is 0.309 e. The Morgan fingerprint density at radius 1 is 1.27 bits per heavy atom. The van der Waals surface area contributed by atoms with E-state index >= 15 is 0 Å². The lowest BCUT2D eigenvalue weighted by atomic mass is 9.75. The van der Waals surface area contributed by atoms with Crippen LogP contribution in [-0.4, -0.2) is 22.8 Å². The Balaban J connectivity index is 4.07. The Kier molecular flexibility index (Phi) is 6.57. The fraction of sp³-hybridized carbons (Fsp3) is 0.917. The minimum atomic E-state index is -0.891. The number of carboxylic acids is 1. The van der Waals surface area contributed by atoms with E-state index < -0.39 is 11.9 Å². The predicted octanol–water partition coefficient (Wildman–Crippen LogP) is 2.68. The van der Waals surface area contributed by atoms with Crippen LogP contribution in [0.3, 0.4) is 0 Å². The summed E-state index contributed by atoms with van der Waals surface area (Å²) in [6.45, 7) is 5.73. The second-order valence-corrected chi connectivity index (χ2v) is 4.87. The summed E-state index contributed by atoms with van der Waals surface area (Å²) in [4.78, 5) is 10.9. The van der Waals surface area contributed by atoms with Gasteiger partial charge in [-0.1, -0.05) is 46.5 Å². The number of unbranched alkanes of at least 4 members (excludes halogenated alkanes) is 3. The van der Waals surface area contributed by atoms with E-state index in [9.17, 15) is 4.79 Å². The fourth-order valence-corrected chi connectivity index (χ4v) is 1.84. The lowest BCUT2D eigenvalue weighted by Gasteiger charge is -2.30. The van der Waals surface area contributed by atoms with E-state index in [4.69, 9.17) is 10.2 Å². The van der Waals surface area contributed by atoms with E-state index in [2.05, 4.69) is 6.92 Å². The van der Waals surface area contributed by atoms with E-state index in [-0.39, 0.29) is 12.0 Å². The summed E-state index contributed by atoms with van der Waals surface area (Å²) in [6, 6.07) is 0. The van der Waals surface area contributed by atoms with Crippen molar-refractivity contribution >= 4 is 5.97 Å². The molecule has 0 rings (SSSR count). The van der Waals surface area contributed by atoms with Gasteiger partial charge in [-0.25, -0.2) is 0 Å². The Hall–Kier alpha value is -0.570. The van der Waals surface area contributed by atoms with E-state index in [0.717, 1.165) is 19.3 Å². The van der Waals surface area contributed by atoms with Gasteiger partial charge in [-0.2, -0.15) is 0 Å². The molecule has 15 heavy (non-hydrogen) atoms. The molecular weight excluding hydrogens is 192 g/mol. The van der Waals surface area contributed by atoms with Crippen molar-refractivity contribution in [2.75, 3.05) is 6.61 Å². The van der Waals surface area contributed by atoms with E-state index in [0.29, 0.717) is 0 Å². The third-order valence-corrected chi connectivity index (χ3v) is 3.10. The largest absolute Gasteiger partial charge is 0.481 e. The first-order valence-electron chi connectivity index (χ1n) is 5.79. The maximum Gasteiger partial charge on any atom is 0.309 e. The van der Waals surface area contributed by atoms with Crippen LogP contribution in [0.1, 0.15) is 52.9 Å². The van der Waals surface area contributed by atoms with Gasteiger partial charge in [0.15, 0.2) is 0 Å². The van der Waals surface area contributed by atoms with E-state index in [1.165, 1.54) is 12.8 Å². The van der Waals surface area contributed by atoms with Crippen molar-refractivity contribution in [1.29, 1.82) is 0 Å². The molecule has 3 nitrogen and oxygen atoms in total. The number of hydrogen-bond donors (Lipinski definition) is 2. The zero-order chi connectivity index (χ0) is 11.9. The second kappa shape index (κ2) is 6.83. The van der Waals surface area contributed by atoms with Crippen LogP contribution < -0.4 is 0 Å². The van der Waals surface area contributed by atoms with Crippen LogP contribution in [0.2, 0.25) is 0 Å². The van der Waals surface area contributed by atoms with Crippen LogP contribution >= 0.6 is 0 Å². The first-order chi connectivity index (χ1) is 6.95. The van der Waals surface area contributed by atoms with E-state index in [1.807, 2.05) is 13.8 Å². The molecule has 0 fully saturated rings. The molecule has 0 radical (unpaired) electrons. The standard InChI is InChI=1S/C12H24O3/c1-4-5-6-7-8-12(2,3)10(9-13)11(14)15/h10,13H,4-9H2,1-3H3,(H,14,15). The van der Waals surface area contributed by atoms with Crippen LogP contribution in [0, 0.1) is 11.3 Å². The number of carboxylic acid groups (broad SMARTS) is 1. The molecule has 2 N–H and O–H groups in total. The average molecular weight is 216 g/mol. The molecule has 0 bridgehead atoms. The molecule has 3 heteroatoms. The molecule has 0 amide bonds. The minimum Gasteiger partial charge on any atom is -0.481 e. The van der Waals surface area contributed by atoms with Crippen molar-refractivity contribution in [1.82, 2.24) is 0 Å². The highest BCUT2D eigenvalue weighted by atomic mass is 16.4. The van der Waals surface area contributed by atoms with Crippen molar-refractivity contribution in [3.05, 3.63) is 0 Å². The van der Waals surface area contributed by atoms with Gasteiger partial charge in [-0.05, 0) is 11.8 Å². The Labute approximate surface area is 92.5 Å². The Morgan fingerprint density at radius 2 is 1.87 bits per heavy atom. The zero-order valence-corrected chi connectivity index (χ0v) is 10.1. The summed E-state index contributed by atoms with van der Waals surface area (Å²) in [7, 11) is 0. The molecule has 1 atom stereocenters. The zero-order valence-electron chi connectivity index (χ0n) is 10.1. The van der Waals surface area contributed by atoms with Crippen molar-refractivity contribution in [2.24, 2.45) is 11.3 Å². The summed E-state index contributed by atoms with van der Waals surface area (Å²) >= 11 is 0. The minimum absolute atomic E-state index is 0.268. The van der Waals surface area contributed by atoms with Gasteiger partial charge in [0, 0.05) is 0 Å². The monoisotopic (exact) mass is 216 g/mol. The van der Waals surface area contributed by atoms with Gasteiger partial charge < -0.3 is 10.2 Å². The SMILES string of the molecule is CCCCCCC(C)(C)C(CO)C(=O)O. The van der Waals surface area contributed by atoms with Gasteiger partial charge in [0.1, 0.15) is 0 Å². The number of aliphatic hydroxyl groups is 1. The molecule has 0 aromatic carbocycles. The summed E-state index contributed by atoms with van der Waals surface area (Å²) < 4.78 is 0. The third kappa shape index (κ3) is 5.17. The Morgan fingerprint density at radius 3 is 2.27 bits per heavy atom. The predicted molar refractivity (Wildman–Crippen MR) is 60.8 cm³/mol. The van der Waals surface area contributed by atoms with E-state index in [1.54, 1.807) is 0 Å². The van der Waals surface area contributed by atoms with Crippen molar-refractivity contribution in [3.63, 3.8) is 0 Å². The van der Waals surface area contributed by atoms with Crippen molar-refractivity contribution in [2.45, 2.75) is 52.9 Å². The van der Waals surface area contributed by atoms with Gasteiger partial charge in [0.05, 0.1) is 12.5 Å². The summed E-state index contributed by atoms with van der Waals surface area (Å²) in [5, 5.41) is 18.0. The van der Waals surface area contributed by atoms with Gasteiger partial charge in [-0.15, -0.1) is 0 Å². The summed E-state index contributed by atoms with van der Waals surface area (Å²) in [5.41, 5.74) is -0.311. The maximum absolute atomic E-state index is 10.9. The normalized spacial score (nSPS) is 13.9. The highest BCUT2D eigenvalue weighted by molar-refractivity contribution is 5.71. The maximum atomic E-state index is 10.9. The molecule has 0 heterocycles. The van der Waals surface area contributed by atoms with Crippen molar-refractivity contribution in [3.8, 4) is 0 Å². The number of rotatable bonds is 8. The lowest BCUT2D eigenvalue weighted by Crippen LogP contribution is -2.33. The van der Waals surface area contributed by atoms with Crippen LogP contribution in [0.25, 0.3) is 0 Å². The molecular formula is C12H24O3. The molecule has 90 valence electrons. The molecule has 0 spiro atoms. The van der Waals surface area contributed by atoms with Gasteiger partial charge in [0.2, 0.25) is 0 Å². The van der Waals surface area contributed by atoms with Crippen LogP contribution in [-0.2, 0) is 4.79 Å². The highest BCUT2D eigenvalue weighted by Gasteiger charge is 2.33. The third-order valence-electron chi connectivity index (χ3n) is 3.10. The molecule has 0 aliphatic carbocycles. The van der Waals surface area contributed by atoms with Crippen LogP contribution in [0.5, 0.6) is 0 Å². The number of aliphatic carboxylic acids is 1. The molecule has 0 aliphatic rings. The van der Waals surface area contributed by atoms with Gasteiger partial charge in [0.25, 0.3) is 0 Å². The van der Waals surface area contributed by atoms with Gasteiger partial charge in [-0.3, -0.25) is 4.79 Å². The average Bonchev–Trinajstić information content (AvgIpc) is 2.12. The van der Waals surface area contributed by atoms with Crippen LogP contribution in [0.15, 0.2) is 0 Å². The number of aliphatic hydroxyl groups excluding tert-OH is 1. The molecule has 0 saturated heterocycles. The second-order valence-electron chi connectivity index (χ2n) is 4.87. The number of carbonyl (C=O) groups is 1. The number of hydrogen-bond acceptors (Lipinski definition) is 2. The molecule has 0 saturated carbocycles. The van der Waals surface area contributed by atoms with Crippen molar-refractivity contribution < 1.29 is 15.0 Å². The fourth-order valence-electron chi connectivity index (χ4n) is 1.84. The first-order valence-corrected chi connectivity index (χ1v) is 5.79. The van der Waals surface area contributed by atoms with Gasteiger partial charge >= 0.3 is 5.97 Å². The molecule has 1 unspecified atom stereocenters. The molecule has 0 aromatic heterocycles. The Bertz CT molecular complexity index is 187. The first kappa shape index (κ1) is 14.4. The topological polar surface area (TPSA) is 57.5 Å². The molecule has 0 aliphatic heterocycles. The quantitative estimate of drug-likeness (QED) is 0.613. The lowest BCUT2D eigenvalue weighted by molar-refractivity contribution is -0.148. The summed E-state index contributed by atoms with van der Waals surface area (Å²) in [6.07, 6.45) is 5.45. The van der Waals surface area contributed by atoms with Crippen LogP contribution in [0.4, 0.5) is 0 Å².